The average Bonchev–Trinajstić information content (AvgIpc) is 2.27. The van der Waals surface area contributed by atoms with Gasteiger partial charge in [0, 0.05) is 19.3 Å². The van der Waals surface area contributed by atoms with Crippen LogP contribution in [0.5, 0.6) is 5.75 Å². The van der Waals surface area contributed by atoms with Crippen LogP contribution in [0.2, 0.25) is 0 Å². The third-order valence-corrected chi connectivity index (χ3v) is 2.29. The molecule has 1 N–H and O–H groups in total. The molecule has 1 aromatic carbocycles. The first kappa shape index (κ1) is 12.0. The van der Waals surface area contributed by atoms with Gasteiger partial charge in [-0.05, 0) is 18.4 Å². The van der Waals surface area contributed by atoms with Gasteiger partial charge in [-0.15, -0.1) is 0 Å². The Morgan fingerprint density at radius 2 is 1.93 bits per heavy atom. The normalized spacial score (nSPS) is 10.3. The smallest absolute Gasteiger partial charge is 0.127 e. The van der Waals surface area contributed by atoms with E-state index in [0.717, 1.165) is 29.7 Å². The summed E-state index contributed by atoms with van der Waals surface area (Å²) < 4.78 is 10.5. The van der Waals surface area contributed by atoms with Crippen molar-refractivity contribution in [1.82, 2.24) is 0 Å². The molecule has 0 aromatic heterocycles. The van der Waals surface area contributed by atoms with Gasteiger partial charge in [-0.3, -0.25) is 0 Å². The molecule has 0 atom stereocenters. The van der Waals surface area contributed by atoms with Crippen molar-refractivity contribution >= 4 is 0 Å². The fourth-order valence-electron chi connectivity index (χ4n) is 1.64. The maximum atomic E-state index is 8.80. The lowest BCUT2D eigenvalue weighted by Gasteiger charge is -2.12. The molecule has 0 radical (unpaired) electrons. The highest BCUT2D eigenvalue weighted by molar-refractivity contribution is 5.41. The number of hydrogen-bond donors (Lipinski definition) is 1. The summed E-state index contributed by atoms with van der Waals surface area (Å²) in [6.07, 6.45) is 1.59. The van der Waals surface area contributed by atoms with Gasteiger partial charge in [-0.1, -0.05) is 18.2 Å². The minimum atomic E-state index is 0.206. The predicted octanol–water partition coefficient (Wildman–Crippen LogP) is 1.77. The molecule has 1 aromatic rings. The highest BCUT2D eigenvalue weighted by atomic mass is 16.5. The van der Waals surface area contributed by atoms with Crippen LogP contribution in [-0.4, -0.2) is 25.9 Å². The van der Waals surface area contributed by atoms with Crippen LogP contribution in [0.3, 0.4) is 0 Å². The number of aryl methyl sites for hydroxylation is 1. The van der Waals surface area contributed by atoms with Crippen molar-refractivity contribution < 1.29 is 14.6 Å². The van der Waals surface area contributed by atoms with Crippen molar-refractivity contribution in [2.45, 2.75) is 19.4 Å². The minimum absolute atomic E-state index is 0.206. The van der Waals surface area contributed by atoms with E-state index in [-0.39, 0.29) is 6.61 Å². The molecule has 0 unspecified atom stereocenters. The van der Waals surface area contributed by atoms with Crippen LogP contribution in [0.4, 0.5) is 0 Å². The second kappa shape index (κ2) is 6.43. The zero-order valence-electron chi connectivity index (χ0n) is 9.32. The molecular weight excluding hydrogens is 192 g/mol. The maximum Gasteiger partial charge on any atom is 0.127 e. The quantitative estimate of drug-likeness (QED) is 0.777. The van der Waals surface area contributed by atoms with E-state index in [0.29, 0.717) is 6.61 Å². The zero-order chi connectivity index (χ0) is 11.1. The Hall–Kier alpha value is -1.06. The van der Waals surface area contributed by atoms with Crippen molar-refractivity contribution in [3.63, 3.8) is 0 Å². The van der Waals surface area contributed by atoms with Crippen molar-refractivity contribution in [2.75, 3.05) is 20.8 Å². The summed E-state index contributed by atoms with van der Waals surface area (Å²) in [5, 5.41) is 8.80. The Bertz CT molecular complexity index is 297. The first-order chi connectivity index (χ1) is 7.33. The summed E-state index contributed by atoms with van der Waals surface area (Å²) in [6.45, 7) is 0.758. The van der Waals surface area contributed by atoms with Crippen LogP contribution in [0, 0.1) is 0 Å². The minimum Gasteiger partial charge on any atom is -0.496 e. The monoisotopic (exact) mass is 210 g/mol. The van der Waals surface area contributed by atoms with E-state index in [9.17, 15) is 0 Å². The molecule has 84 valence electrons. The molecule has 0 fully saturated rings. The summed E-state index contributed by atoms with van der Waals surface area (Å²) >= 11 is 0. The number of hydrogen-bond acceptors (Lipinski definition) is 3. The fraction of sp³-hybridized carbons (Fsp3) is 0.500. The van der Waals surface area contributed by atoms with E-state index in [1.54, 1.807) is 14.2 Å². The van der Waals surface area contributed by atoms with Crippen molar-refractivity contribution in [1.29, 1.82) is 0 Å². The van der Waals surface area contributed by atoms with Gasteiger partial charge in [0.25, 0.3) is 0 Å². The number of aliphatic hydroxyl groups is 1. The molecule has 3 nitrogen and oxygen atoms in total. The number of methoxy groups -OCH3 is 2. The molecule has 1 rings (SSSR count). The largest absolute Gasteiger partial charge is 0.496 e. The molecule has 0 aliphatic carbocycles. The van der Waals surface area contributed by atoms with Crippen LogP contribution in [-0.2, 0) is 17.8 Å². The van der Waals surface area contributed by atoms with Gasteiger partial charge in [0.15, 0.2) is 0 Å². The van der Waals surface area contributed by atoms with Gasteiger partial charge in [0.05, 0.1) is 13.7 Å². The van der Waals surface area contributed by atoms with Gasteiger partial charge in [-0.2, -0.15) is 0 Å². The van der Waals surface area contributed by atoms with Gasteiger partial charge < -0.3 is 14.6 Å². The molecule has 0 saturated carbocycles. The van der Waals surface area contributed by atoms with E-state index in [4.69, 9.17) is 14.6 Å². The van der Waals surface area contributed by atoms with Gasteiger partial charge >= 0.3 is 0 Å². The van der Waals surface area contributed by atoms with Crippen LogP contribution < -0.4 is 4.74 Å². The Morgan fingerprint density at radius 1 is 1.20 bits per heavy atom. The molecule has 0 aliphatic rings. The van der Waals surface area contributed by atoms with Crippen LogP contribution in [0.25, 0.3) is 0 Å². The summed E-state index contributed by atoms with van der Waals surface area (Å²) in [7, 11) is 3.33. The Balaban J connectivity index is 2.88. The number of para-hydroxylation sites is 1. The topological polar surface area (TPSA) is 38.7 Å². The van der Waals surface area contributed by atoms with E-state index < -0.39 is 0 Å². The molecule has 0 spiro atoms. The zero-order valence-corrected chi connectivity index (χ0v) is 9.32. The molecule has 0 amide bonds. The number of benzene rings is 1. The fourth-order valence-corrected chi connectivity index (χ4v) is 1.64. The lowest BCUT2D eigenvalue weighted by atomic mass is 10.0. The van der Waals surface area contributed by atoms with Crippen molar-refractivity contribution in [2.24, 2.45) is 0 Å². The lowest BCUT2D eigenvalue weighted by Crippen LogP contribution is -1.99. The van der Waals surface area contributed by atoms with Gasteiger partial charge in [0.1, 0.15) is 5.75 Å². The highest BCUT2D eigenvalue weighted by Gasteiger charge is 2.07. The Morgan fingerprint density at radius 3 is 2.53 bits per heavy atom. The predicted molar refractivity (Wildman–Crippen MR) is 59.1 cm³/mol. The standard InChI is InChI=1S/C12H18O3/c1-14-9-11-6-3-5-10(7-4-8-13)12(11)15-2/h3,5-6,13H,4,7-9H2,1-2H3. The Kier molecular flexibility index (Phi) is 5.15. The van der Waals surface area contributed by atoms with Gasteiger partial charge in [-0.25, -0.2) is 0 Å². The SMILES string of the molecule is COCc1cccc(CCCO)c1OC. The first-order valence-electron chi connectivity index (χ1n) is 5.08. The molecule has 0 saturated heterocycles. The number of rotatable bonds is 6. The molecule has 0 bridgehead atoms. The Labute approximate surface area is 90.6 Å². The van der Waals surface area contributed by atoms with Crippen LogP contribution in [0.15, 0.2) is 18.2 Å². The highest BCUT2D eigenvalue weighted by Crippen LogP contribution is 2.25. The molecular formula is C12H18O3. The van der Waals surface area contributed by atoms with Crippen molar-refractivity contribution in [3.8, 4) is 5.75 Å². The summed E-state index contributed by atoms with van der Waals surface area (Å²) in [4.78, 5) is 0. The van der Waals surface area contributed by atoms with E-state index in [1.165, 1.54) is 0 Å². The second-order valence-electron chi connectivity index (χ2n) is 3.37. The number of ether oxygens (including phenoxy) is 2. The molecule has 3 heteroatoms. The molecule has 15 heavy (non-hydrogen) atoms. The van der Waals surface area contributed by atoms with Gasteiger partial charge in [0.2, 0.25) is 0 Å². The summed E-state index contributed by atoms with van der Waals surface area (Å²) in [5.74, 6) is 0.882. The summed E-state index contributed by atoms with van der Waals surface area (Å²) in [5.41, 5.74) is 2.18. The lowest BCUT2D eigenvalue weighted by molar-refractivity contribution is 0.181. The van der Waals surface area contributed by atoms with Crippen LogP contribution in [0.1, 0.15) is 17.5 Å². The maximum absolute atomic E-state index is 8.80. The second-order valence-corrected chi connectivity index (χ2v) is 3.37. The van der Waals surface area contributed by atoms with Crippen LogP contribution >= 0.6 is 0 Å². The average molecular weight is 210 g/mol. The van der Waals surface area contributed by atoms with Crippen molar-refractivity contribution in [3.05, 3.63) is 29.3 Å². The number of aliphatic hydroxyl groups excluding tert-OH is 1. The third kappa shape index (κ3) is 3.22. The van der Waals surface area contributed by atoms with E-state index >= 15 is 0 Å². The van der Waals surface area contributed by atoms with E-state index in [1.807, 2.05) is 18.2 Å². The summed E-state index contributed by atoms with van der Waals surface area (Å²) in [6, 6.07) is 6.00. The third-order valence-electron chi connectivity index (χ3n) is 2.29. The molecule has 0 heterocycles. The first-order valence-corrected chi connectivity index (χ1v) is 5.08. The molecule has 0 aliphatic heterocycles. The van der Waals surface area contributed by atoms with E-state index in [2.05, 4.69) is 0 Å².